The number of amides is 2. The highest BCUT2D eigenvalue weighted by Gasteiger charge is 2.31. The van der Waals surface area contributed by atoms with Crippen molar-refractivity contribution in [3.05, 3.63) is 48.2 Å². The van der Waals surface area contributed by atoms with Gasteiger partial charge in [-0.05, 0) is 55.0 Å². The fourth-order valence-electron chi connectivity index (χ4n) is 4.60. The molecule has 10 heteroatoms. The van der Waals surface area contributed by atoms with Crippen molar-refractivity contribution in [1.82, 2.24) is 15.1 Å². The summed E-state index contributed by atoms with van der Waals surface area (Å²) in [5.41, 5.74) is 1.83. The van der Waals surface area contributed by atoms with Crippen molar-refractivity contribution in [2.75, 3.05) is 36.4 Å². The van der Waals surface area contributed by atoms with Gasteiger partial charge in [0.2, 0.25) is 11.8 Å². The highest BCUT2D eigenvalue weighted by Crippen LogP contribution is 2.30. The molecule has 4 rings (SSSR count). The molecule has 7 nitrogen and oxygen atoms in total. The van der Waals surface area contributed by atoms with E-state index >= 15 is 0 Å². The van der Waals surface area contributed by atoms with Crippen molar-refractivity contribution < 1.29 is 22.8 Å². The first kappa shape index (κ1) is 24.0. The predicted molar refractivity (Wildman–Crippen MR) is 121 cm³/mol. The molecule has 2 aliphatic heterocycles. The Morgan fingerprint density at radius 2 is 1.76 bits per heavy atom. The number of nitrogens with zero attached hydrogens (tertiary/aromatic N) is 4. The average molecular weight is 476 g/mol. The zero-order chi connectivity index (χ0) is 24.1. The molecule has 0 unspecified atom stereocenters. The minimum Gasteiger partial charge on any atom is -0.354 e. The molecule has 2 fully saturated rings. The zero-order valence-corrected chi connectivity index (χ0v) is 18.8. The van der Waals surface area contributed by atoms with Crippen LogP contribution in [0.15, 0.2) is 42.6 Å². The van der Waals surface area contributed by atoms with Gasteiger partial charge in [-0.2, -0.15) is 18.3 Å². The van der Waals surface area contributed by atoms with E-state index < -0.39 is 24.9 Å². The Bertz CT molecular complexity index is 976. The van der Waals surface area contributed by atoms with E-state index in [1.807, 2.05) is 36.4 Å². The monoisotopic (exact) mass is 475 g/mol. The van der Waals surface area contributed by atoms with E-state index in [-0.39, 0.29) is 17.7 Å². The van der Waals surface area contributed by atoms with Gasteiger partial charge in [0, 0.05) is 44.5 Å². The number of carbonyl (C=O) groups is 2. The van der Waals surface area contributed by atoms with Crippen LogP contribution in [0.5, 0.6) is 0 Å². The van der Waals surface area contributed by atoms with E-state index in [0.29, 0.717) is 32.5 Å². The second-order valence-corrected chi connectivity index (χ2v) is 8.89. The number of hydrogen-bond donors (Lipinski definition) is 1. The van der Waals surface area contributed by atoms with Crippen molar-refractivity contribution in [2.45, 2.75) is 44.2 Å². The highest BCUT2D eigenvalue weighted by atomic mass is 19.4. The lowest BCUT2D eigenvalue weighted by atomic mass is 9.89. The summed E-state index contributed by atoms with van der Waals surface area (Å²) in [5, 5.41) is 11.0. The molecule has 3 heterocycles. The molecule has 0 radical (unpaired) electrons. The van der Waals surface area contributed by atoms with Crippen molar-refractivity contribution in [1.29, 1.82) is 0 Å². The maximum absolute atomic E-state index is 12.7. The Kier molecular flexibility index (Phi) is 7.33. The largest absolute Gasteiger partial charge is 0.389 e. The first-order valence-corrected chi connectivity index (χ1v) is 11.6. The number of rotatable bonds is 6. The Hall–Kier alpha value is -3.17. The maximum atomic E-state index is 12.7. The molecule has 0 saturated carbocycles. The molecular formula is C24H28F3N5O2. The molecule has 2 aliphatic rings. The second-order valence-electron chi connectivity index (χ2n) is 8.89. The number of halogens is 3. The van der Waals surface area contributed by atoms with E-state index in [2.05, 4.69) is 20.4 Å². The SMILES string of the molecule is O=C(Nc1ccc(C2CCN(C(=O)CCC(F)(F)F)CC2)cc1)[C@H]1CCN(c2cccnn2)C1. The fraction of sp³-hybridized carbons (Fsp3) is 0.500. The van der Waals surface area contributed by atoms with Crippen molar-refractivity contribution in [3.63, 3.8) is 0 Å². The third kappa shape index (κ3) is 6.24. The van der Waals surface area contributed by atoms with Gasteiger partial charge in [-0.1, -0.05) is 12.1 Å². The quantitative estimate of drug-likeness (QED) is 0.684. The topological polar surface area (TPSA) is 78.4 Å². The number of nitrogens with one attached hydrogen (secondary N) is 1. The minimum absolute atomic E-state index is 0.0233. The molecule has 1 aromatic carbocycles. The molecule has 1 atom stereocenters. The number of benzene rings is 1. The first-order valence-electron chi connectivity index (χ1n) is 11.6. The summed E-state index contributed by atoms with van der Waals surface area (Å²) < 4.78 is 37.0. The van der Waals surface area contributed by atoms with E-state index in [9.17, 15) is 22.8 Å². The zero-order valence-electron chi connectivity index (χ0n) is 18.8. The van der Waals surface area contributed by atoms with Gasteiger partial charge in [-0.15, -0.1) is 5.10 Å². The molecular weight excluding hydrogens is 447 g/mol. The third-order valence-electron chi connectivity index (χ3n) is 6.56. The van der Waals surface area contributed by atoms with Crippen LogP contribution < -0.4 is 10.2 Å². The van der Waals surface area contributed by atoms with Crippen molar-refractivity contribution in [3.8, 4) is 0 Å². The lowest BCUT2D eigenvalue weighted by molar-refractivity contribution is -0.149. The van der Waals surface area contributed by atoms with Gasteiger partial charge in [0.15, 0.2) is 5.82 Å². The van der Waals surface area contributed by atoms with Crippen LogP contribution in [0.4, 0.5) is 24.7 Å². The van der Waals surface area contributed by atoms with Crippen LogP contribution in [0.1, 0.15) is 43.6 Å². The van der Waals surface area contributed by atoms with Crippen LogP contribution in [0.2, 0.25) is 0 Å². The Morgan fingerprint density at radius 1 is 1.03 bits per heavy atom. The van der Waals surface area contributed by atoms with Crippen molar-refractivity contribution in [2.24, 2.45) is 5.92 Å². The number of alkyl halides is 3. The molecule has 34 heavy (non-hydrogen) atoms. The van der Waals surface area contributed by atoms with Crippen molar-refractivity contribution >= 4 is 23.3 Å². The molecule has 2 aromatic rings. The number of aromatic nitrogens is 2. The maximum Gasteiger partial charge on any atom is 0.389 e. The van der Waals surface area contributed by atoms with E-state index in [4.69, 9.17) is 0 Å². The normalized spacial score (nSPS) is 19.3. The fourth-order valence-corrected chi connectivity index (χ4v) is 4.60. The van der Waals surface area contributed by atoms with Crippen LogP contribution in [0.25, 0.3) is 0 Å². The predicted octanol–water partition coefficient (Wildman–Crippen LogP) is 3.99. The molecule has 2 saturated heterocycles. The molecule has 0 aliphatic carbocycles. The van der Waals surface area contributed by atoms with E-state index in [1.54, 1.807) is 6.20 Å². The smallest absolute Gasteiger partial charge is 0.354 e. The third-order valence-corrected chi connectivity index (χ3v) is 6.56. The number of piperidine rings is 1. The van der Waals surface area contributed by atoms with Crippen LogP contribution >= 0.6 is 0 Å². The second kappa shape index (κ2) is 10.4. The first-order chi connectivity index (χ1) is 16.3. The van der Waals surface area contributed by atoms with Gasteiger partial charge in [-0.25, -0.2) is 0 Å². The Morgan fingerprint density at radius 3 is 2.41 bits per heavy atom. The van der Waals surface area contributed by atoms with E-state index in [0.717, 1.165) is 30.0 Å². The standard InChI is InChI=1S/C24H28F3N5O2/c25-24(26,27)11-7-22(33)31-13-8-18(9-14-31)17-3-5-20(6-4-17)29-23(34)19-10-15-32(16-19)21-2-1-12-28-30-21/h1-6,12,18-19H,7-11,13-16H2,(H,29,34)/t19-/m0/s1. The summed E-state index contributed by atoms with van der Waals surface area (Å²) in [6.07, 6.45) is -2.07. The molecule has 2 amide bonds. The summed E-state index contributed by atoms with van der Waals surface area (Å²) in [5.74, 6) is 0.436. The van der Waals surface area contributed by atoms with Gasteiger partial charge in [0.25, 0.3) is 0 Å². The lowest BCUT2D eigenvalue weighted by Gasteiger charge is -2.32. The summed E-state index contributed by atoms with van der Waals surface area (Å²) in [7, 11) is 0. The molecule has 1 aromatic heterocycles. The molecule has 1 N–H and O–H groups in total. The lowest BCUT2D eigenvalue weighted by Crippen LogP contribution is -2.38. The number of anilines is 2. The average Bonchev–Trinajstić information content (AvgIpc) is 3.34. The summed E-state index contributed by atoms with van der Waals surface area (Å²) in [4.78, 5) is 28.3. The summed E-state index contributed by atoms with van der Waals surface area (Å²) >= 11 is 0. The molecule has 182 valence electrons. The van der Waals surface area contributed by atoms with Gasteiger partial charge >= 0.3 is 6.18 Å². The summed E-state index contributed by atoms with van der Waals surface area (Å²) in [6, 6.07) is 11.4. The van der Waals surface area contributed by atoms with Crippen LogP contribution in [-0.2, 0) is 9.59 Å². The van der Waals surface area contributed by atoms with Gasteiger partial charge in [-0.3, -0.25) is 9.59 Å². The van der Waals surface area contributed by atoms with Crippen LogP contribution in [0.3, 0.4) is 0 Å². The highest BCUT2D eigenvalue weighted by molar-refractivity contribution is 5.93. The Labute approximate surface area is 196 Å². The number of carbonyl (C=O) groups excluding carboxylic acids is 2. The summed E-state index contributed by atoms with van der Waals surface area (Å²) in [6.45, 7) is 2.28. The van der Waals surface area contributed by atoms with Gasteiger partial charge < -0.3 is 15.1 Å². The van der Waals surface area contributed by atoms with Gasteiger partial charge in [0.1, 0.15) is 0 Å². The Balaban J connectivity index is 1.24. The molecule has 0 spiro atoms. The van der Waals surface area contributed by atoms with E-state index in [1.165, 1.54) is 4.90 Å². The molecule has 0 bridgehead atoms. The number of likely N-dealkylation sites (tertiary alicyclic amines) is 1. The minimum atomic E-state index is -4.31. The number of hydrogen-bond acceptors (Lipinski definition) is 5. The van der Waals surface area contributed by atoms with Crippen LogP contribution in [-0.4, -0.2) is 59.3 Å². The van der Waals surface area contributed by atoms with Crippen LogP contribution in [0, 0.1) is 5.92 Å². The van der Waals surface area contributed by atoms with Gasteiger partial charge in [0.05, 0.1) is 12.3 Å².